The second-order valence-corrected chi connectivity index (χ2v) is 7.54. The SMILES string of the molecule is Cc1ncsc1CN1CC[C@@H]2OCCN(C(=O)c3ccncc3)[C@H]2C1. The summed E-state index contributed by atoms with van der Waals surface area (Å²) < 4.78 is 5.96. The van der Waals surface area contributed by atoms with E-state index >= 15 is 0 Å². The van der Waals surface area contributed by atoms with Gasteiger partial charge >= 0.3 is 0 Å². The summed E-state index contributed by atoms with van der Waals surface area (Å²) in [4.78, 5) is 27.0. The summed E-state index contributed by atoms with van der Waals surface area (Å²) in [6.45, 7) is 6.06. The van der Waals surface area contributed by atoms with Crippen LogP contribution in [0.25, 0.3) is 0 Å². The van der Waals surface area contributed by atoms with Crippen LogP contribution in [-0.4, -0.2) is 64.1 Å². The van der Waals surface area contributed by atoms with Gasteiger partial charge in [0.1, 0.15) is 0 Å². The normalized spacial score (nSPS) is 24.1. The second kappa shape index (κ2) is 7.19. The Hall–Kier alpha value is -1.83. The molecule has 132 valence electrons. The first-order chi connectivity index (χ1) is 12.2. The molecular formula is C18H22N4O2S. The Bertz CT molecular complexity index is 736. The van der Waals surface area contributed by atoms with Gasteiger partial charge in [-0.3, -0.25) is 14.7 Å². The fraction of sp³-hybridized carbons (Fsp3) is 0.500. The van der Waals surface area contributed by atoms with Crippen molar-refractivity contribution in [1.29, 1.82) is 0 Å². The van der Waals surface area contributed by atoms with E-state index in [4.69, 9.17) is 4.74 Å². The molecule has 6 nitrogen and oxygen atoms in total. The minimum atomic E-state index is 0.0801. The number of carbonyl (C=O) groups is 1. The first kappa shape index (κ1) is 16.6. The standard InChI is InChI=1S/C18H22N4O2S/c1-13-17(25-12-20-13)11-21-7-4-16-15(10-21)22(8-9-24-16)18(23)14-2-5-19-6-3-14/h2-3,5-6,12,15-16H,4,7-11H2,1H3/t15-,16-/m0/s1. The van der Waals surface area contributed by atoms with Crippen LogP contribution in [0.4, 0.5) is 0 Å². The lowest BCUT2D eigenvalue weighted by molar-refractivity contribution is -0.0913. The summed E-state index contributed by atoms with van der Waals surface area (Å²) >= 11 is 1.71. The third-order valence-corrected chi connectivity index (χ3v) is 5.99. The average molecular weight is 358 g/mol. The molecule has 25 heavy (non-hydrogen) atoms. The maximum Gasteiger partial charge on any atom is 0.254 e. The maximum atomic E-state index is 12.9. The number of ether oxygens (including phenoxy) is 1. The Morgan fingerprint density at radius 1 is 1.36 bits per heavy atom. The van der Waals surface area contributed by atoms with Crippen molar-refractivity contribution >= 4 is 17.2 Å². The number of hydrogen-bond acceptors (Lipinski definition) is 6. The van der Waals surface area contributed by atoms with Gasteiger partial charge in [0.15, 0.2) is 0 Å². The maximum absolute atomic E-state index is 12.9. The van der Waals surface area contributed by atoms with Gasteiger partial charge in [-0.1, -0.05) is 0 Å². The van der Waals surface area contributed by atoms with E-state index in [2.05, 4.69) is 21.8 Å². The number of rotatable bonds is 3. The van der Waals surface area contributed by atoms with Crippen LogP contribution in [0.15, 0.2) is 30.0 Å². The largest absolute Gasteiger partial charge is 0.374 e. The van der Waals surface area contributed by atoms with E-state index in [1.165, 1.54) is 4.88 Å². The Morgan fingerprint density at radius 2 is 2.20 bits per heavy atom. The van der Waals surface area contributed by atoms with E-state index in [9.17, 15) is 4.79 Å². The van der Waals surface area contributed by atoms with Crippen LogP contribution in [0.5, 0.6) is 0 Å². The molecule has 0 saturated carbocycles. The highest BCUT2D eigenvalue weighted by Gasteiger charge is 2.39. The number of pyridine rings is 1. The Kier molecular flexibility index (Phi) is 4.78. The van der Waals surface area contributed by atoms with Crippen LogP contribution >= 0.6 is 11.3 Å². The number of hydrogen-bond donors (Lipinski definition) is 0. The quantitative estimate of drug-likeness (QED) is 0.839. The number of nitrogens with zero attached hydrogens (tertiary/aromatic N) is 4. The molecule has 4 rings (SSSR count). The lowest BCUT2D eigenvalue weighted by Crippen LogP contribution is -2.61. The minimum absolute atomic E-state index is 0.0801. The zero-order valence-corrected chi connectivity index (χ0v) is 15.1. The van der Waals surface area contributed by atoms with Gasteiger partial charge < -0.3 is 9.64 Å². The van der Waals surface area contributed by atoms with Gasteiger partial charge in [-0.15, -0.1) is 11.3 Å². The molecule has 2 aliphatic heterocycles. The fourth-order valence-corrected chi connectivity index (χ4v) is 4.49. The molecule has 2 saturated heterocycles. The molecule has 7 heteroatoms. The van der Waals surface area contributed by atoms with E-state index in [1.54, 1.807) is 35.9 Å². The predicted molar refractivity (Wildman–Crippen MR) is 95.5 cm³/mol. The van der Waals surface area contributed by atoms with Crippen molar-refractivity contribution in [2.45, 2.75) is 32.0 Å². The summed E-state index contributed by atoms with van der Waals surface area (Å²) in [5, 5.41) is 0. The van der Waals surface area contributed by atoms with E-state index in [-0.39, 0.29) is 18.1 Å². The third kappa shape index (κ3) is 3.44. The number of carbonyl (C=O) groups excluding carboxylic acids is 1. The van der Waals surface area contributed by atoms with Crippen molar-refractivity contribution in [2.24, 2.45) is 0 Å². The number of likely N-dealkylation sites (tertiary alicyclic amines) is 1. The van der Waals surface area contributed by atoms with Crippen LogP contribution in [0.3, 0.4) is 0 Å². The zero-order chi connectivity index (χ0) is 17.2. The van der Waals surface area contributed by atoms with Crippen molar-refractivity contribution in [3.63, 3.8) is 0 Å². The van der Waals surface area contributed by atoms with Crippen LogP contribution < -0.4 is 0 Å². The van der Waals surface area contributed by atoms with Gasteiger partial charge in [0.2, 0.25) is 0 Å². The second-order valence-electron chi connectivity index (χ2n) is 6.60. The number of amides is 1. The van der Waals surface area contributed by atoms with Crippen molar-refractivity contribution in [2.75, 3.05) is 26.2 Å². The fourth-order valence-electron chi connectivity index (χ4n) is 3.67. The molecule has 0 unspecified atom stereocenters. The third-order valence-electron chi connectivity index (χ3n) is 5.07. The lowest BCUT2D eigenvalue weighted by Gasteiger charge is -2.47. The Morgan fingerprint density at radius 3 is 2.96 bits per heavy atom. The van der Waals surface area contributed by atoms with E-state index in [0.717, 1.165) is 31.7 Å². The summed E-state index contributed by atoms with van der Waals surface area (Å²) in [6, 6.07) is 3.68. The number of aryl methyl sites for hydroxylation is 1. The zero-order valence-electron chi connectivity index (χ0n) is 14.3. The minimum Gasteiger partial charge on any atom is -0.374 e. The summed E-state index contributed by atoms with van der Waals surface area (Å²) in [6.07, 6.45) is 4.44. The van der Waals surface area contributed by atoms with Gasteiger partial charge in [-0.25, -0.2) is 4.98 Å². The van der Waals surface area contributed by atoms with Crippen LogP contribution in [-0.2, 0) is 11.3 Å². The first-order valence-corrected chi connectivity index (χ1v) is 9.54. The van der Waals surface area contributed by atoms with Gasteiger partial charge in [-0.05, 0) is 25.5 Å². The van der Waals surface area contributed by atoms with E-state index in [1.807, 2.05) is 10.4 Å². The molecule has 2 aromatic rings. The molecule has 0 spiro atoms. The molecule has 2 fully saturated rings. The van der Waals surface area contributed by atoms with E-state index < -0.39 is 0 Å². The molecule has 2 aromatic heterocycles. The summed E-state index contributed by atoms with van der Waals surface area (Å²) in [5.41, 5.74) is 3.71. The smallest absolute Gasteiger partial charge is 0.254 e. The molecule has 4 heterocycles. The Balaban J connectivity index is 1.50. The molecule has 1 amide bonds. The number of aromatic nitrogens is 2. The molecule has 0 aromatic carbocycles. The van der Waals surface area contributed by atoms with Gasteiger partial charge in [0, 0.05) is 49.0 Å². The summed E-state index contributed by atoms with van der Waals surface area (Å²) in [7, 11) is 0. The van der Waals surface area contributed by atoms with Crippen molar-refractivity contribution in [3.8, 4) is 0 Å². The highest BCUT2D eigenvalue weighted by Crippen LogP contribution is 2.26. The highest BCUT2D eigenvalue weighted by atomic mass is 32.1. The highest BCUT2D eigenvalue weighted by molar-refractivity contribution is 7.09. The topological polar surface area (TPSA) is 58.6 Å². The molecule has 0 N–H and O–H groups in total. The van der Waals surface area contributed by atoms with Crippen molar-refractivity contribution in [3.05, 3.63) is 46.2 Å². The molecule has 2 aliphatic rings. The van der Waals surface area contributed by atoms with Gasteiger partial charge in [-0.2, -0.15) is 0 Å². The van der Waals surface area contributed by atoms with Crippen molar-refractivity contribution < 1.29 is 9.53 Å². The molecule has 0 bridgehead atoms. The Labute approximate surface area is 151 Å². The lowest BCUT2D eigenvalue weighted by atomic mass is 9.97. The molecule has 0 aliphatic carbocycles. The number of fused-ring (bicyclic) bond motifs is 1. The van der Waals surface area contributed by atoms with E-state index in [0.29, 0.717) is 18.7 Å². The van der Waals surface area contributed by atoms with Crippen LogP contribution in [0.1, 0.15) is 27.3 Å². The first-order valence-electron chi connectivity index (χ1n) is 8.66. The monoisotopic (exact) mass is 358 g/mol. The van der Waals surface area contributed by atoms with Crippen molar-refractivity contribution in [1.82, 2.24) is 19.8 Å². The summed E-state index contributed by atoms with van der Waals surface area (Å²) in [5.74, 6) is 0.0801. The van der Waals surface area contributed by atoms with Gasteiger partial charge in [0.05, 0.1) is 30.0 Å². The predicted octanol–water partition coefficient (Wildman–Crippen LogP) is 1.96. The molecule has 2 atom stereocenters. The number of morpholine rings is 1. The average Bonchev–Trinajstić information content (AvgIpc) is 3.06. The van der Waals surface area contributed by atoms with Crippen LogP contribution in [0, 0.1) is 6.92 Å². The molecule has 0 radical (unpaired) electrons. The van der Waals surface area contributed by atoms with Gasteiger partial charge in [0.25, 0.3) is 5.91 Å². The number of piperidine rings is 1. The molecular weight excluding hydrogens is 336 g/mol. The van der Waals surface area contributed by atoms with Crippen LogP contribution in [0.2, 0.25) is 0 Å². The number of thiazole rings is 1.